The SMILES string of the molecule is C(=C1/CCCC2=C1N1c3ccccc3O[C@@]13/C(=C/c1ccccc1)CCC[C@@H]3C2)/c1ccccc1. The number of nitrogens with zero attached hydrogens (tertiary/aromatic N) is 1. The van der Waals surface area contributed by atoms with Crippen LogP contribution in [-0.4, -0.2) is 5.72 Å². The third-order valence-electron chi connectivity index (χ3n) is 8.28. The van der Waals surface area contributed by atoms with E-state index in [2.05, 4.69) is 102 Å². The highest BCUT2D eigenvalue weighted by molar-refractivity contribution is 5.78. The zero-order valence-corrected chi connectivity index (χ0v) is 20.1. The Labute approximate surface area is 208 Å². The molecule has 2 atom stereocenters. The molecule has 4 aliphatic rings. The molecule has 3 aromatic carbocycles. The van der Waals surface area contributed by atoms with Crippen molar-refractivity contribution >= 4 is 17.8 Å². The minimum Gasteiger partial charge on any atom is -0.461 e. The van der Waals surface area contributed by atoms with Crippen molar-refractivity contribution in [1.82, 2.24) is 0 Å². The highest BCUT2D eigenvalue weighted by Gasteiger charge is 2.59. The Morgan fingerprint density at radius 3 is 2.26 bits per heavy atom. The molecule has 0 radical (unpaired) electrons. The number of para-hydroxylation sites is 2. The van der Waals surface area contributed by atoms with Crippen molar-refractivity contribution in [2.75, 3.05) is 4.90 Å². The van der Waals surface area contributed by atoms with Crippen LogP contribution in [0.3, 0.4) is 0 Å². The van der Waals surface area contributed by atoms with Gasteiger partial charge in [-0.3, -0.25) is 4.90 Å². The number of ether oxygens (including phenoxy) is 1. The van der Waals surface area contributed by atoms with Gasteiger partial charge in [0.1, 0.15) is 5.75 Å². The largest absolute Gasteiger partial charge is 0.461 e. The van der Waals surface area contributed by atoms with Crippen molar-refractivity contribution in [1.29, 1.82) is 0 Å². The first kappa shape index (κ1) is 20.8. The van der Waals surface area contributed by atoms with Gasteiger partial charge in [-0.05, 0) is 97.1 Å². The predicted molar refractivity (Wildman–Crippen MR) is 144 cm³/mol. The van der Waals surface area contributed by atoms with Gasteiger partial charge in [0, 0.05) is 11.6 Å². The van der Waals surface area contributed by atoms with E-state index in [4.69, 9.17) is 4.74 Å². The maximum absolute atomic E-state index is 7.13. The lowest BCUT2D eigenvalue weighted by atomic mass is 9.68. The van der Waals surface area contributed by atoms with E-state index in [0.29, 0.717) is 5.92 Å². The van der Waals surface area contributed by atoms with E-state index in [0.717, 1.165) is 25.0 Å². The van der Waals surface area contributed by atoms with Gasteiger partial charge in [-0.1, -0.05) is 72.8 Å². The van der Waals surface area contributed by atoms with Gasteiger partial charge in [0.15, 0.2) is 0 Å². The number of allylic oxidation sites excluding steroid dienone is 2. The van der Waals surface area contributed by atoms with Crippen LogP contribution in [-0.2, 0) is 0 Å². The molecule has 0 unspecified atom stereocenters. The Morgan fingerprint density at radius 1 is 0.743 bits per heavy atom. The van der Waals surface area contributed by atoms with Crippen LogP contribution < -0.4 is 9.64 Å². The van der Waals surface area contributed by atoms with Crippen LogP contribution in [0.25, 0.3) is 12.2 Å². The molecule has 3 aromatic rings. The Kier molecular flexibility index (Phi) is 4.94. The van der Waals surface area contributed by atoms with E-state index in [-0.39, 0.29) is 0 Å². The summed E-state index contributed by atoms with van der Waals surface area (Å²) in [5.41, 5.74) is 9.29. The van der Waals surface area contributed by atoms with Crippen molar-refractivity contribution in [3.63, 3.8) is 0 Å². The fourth-order valence-corrected chi connectivity index (χ4v) is 6.87. The molecule has 0 bridgehead atoms. The number of rotatable bonds is 2. The number of hydrogen-bond acceptors (Lipinski definition) is 2. The minimum atomic E-state index is -0.427. The average molecular weight is 458 g/mol. The molecule has 0 N–H and O–H groups in total. The summed E-state index contributed by atoms with van der Waals surface area (Å²) in [6.07, 6.45) is 13.1. The van der Waals surface area contributed by atoms with Gasteiger partial charge in [0.05, 0.1) is 5.69 Å². The molecule has 1 saturated carbocycles. The minimum absolute atomic E-state index is 0.427. The van der Waals surface area contributed by atoms with Gasteiger partial charge in [-0.25, -0.2) is 0 Å². The van der Waals surface area contributed by atoms with Gasteiger partial charge in [-0.15, -0.1) is 0 Å². The highest BCUT2D eigenvalue weighted by Crippen LogP contribution is 2.61. The lowest BCUT2D eigenvalue weighted by Crippen LogP contribution is -2.60. The molecule has 1 spiro atoms. The van der Waals surface area contributed by atoms with Gasteiger partial charge < -0.3 is 4.74 Å². The molecular weight excluding hydrogens is 426 g/mol. The smallest absolute Gasteiger partial charge is 0.213 e. The third-order valence-corrected chi connectivity index (χ3v) is 8.28. The van der Waals surface area contributed by atoms with Crippen molar-refractivity contribution in [3.05, 3.63) is 118 Å². The summed E-state index contributed by atoms with van der Waals surface area (Å²) in [7, 11) is 0. The Bertz CT molecular complexity index is 1350. The summed E-state index contributed by atoms with van der Waals surface area (Å²) in [6.45, 7) is 0. The van der Waals surface area contributed by atoms with Gasteiger partial charge in [0.2, 0.25) is 5.72 Å². The first-order valence-corrected chi connectivity index (χ1v) is 13.2. The first-order valence-electron chi connectivity index (χ1n) is 13.2. The molecule has 174 valence electrons. The topological polar surface area (TPSA) is 12.5 Å². The number of fused-ring (bicyclic) bond motifs is 3. The van der Waals surface area contributed by atoms with Gasteiger partial charge >= 0.3 is 0 Å². The molecule has 0 aromatic heterocycles. The summed E-state index contributed by atoms with van der Waals surface area (Å²) in [6, 6.07) is 30.3. The van der Waals surface area contributed by atoms with Crippen LogP contribution in [0.15, 0.2) is 107 Å². The molecule has 2 aliphatic carbocycles. The van der Waals surface area contributed by atoms with E-state index in [1.807, 2.05) is 0 Å². The van der Waals surface area contributed by atoms with Gasteiger partial charge in [-0.2, -0.15) is 0 Å². The standard InChI is InChI=1S/C33H31NO/c1-3-11-24(12-4-1)21-26-15-9-16-27-23-29-18-10-17-28(22-25-13-5-2-6-14-25)33(29)34(32(26)27)30-19-7-8-20-31(30)35-33/h1-8,11-14,19-22,29H,9-10,15-18,23H2/b26-21+,28-22+/t29-,33-/m1/s1. The van der Waals surface area contributed by atoms with Gasteiger partial charge in [0.25, 0.3) is 0 Å². The van der Waals surface area contributed by atoms with E-state index in [9.17, 15) is 0 Å². The highest BCUT2D eigenvalue weighted by atomic mass is 16.5. The molecule has 0 saturated heterocycles. The fraction of sp³-hybridized carbons (Fsp3) is 0.273. The lowest BCUT2D eigenvalue weighted by Gasteiger charge is -2.53. The van der Waals surface area contributed by atoms with Crippen molar-refractivity contribution < 1.29 is 4.74 Å². The Balaban J connectivity index is 1.45. The first-order chi connectivity index (χ1) is 17.3. The average Bonchev–Trinajstić information content (AvgIpc) is 3.25. The molecular formula is C33H31NO. The van der Waals surface area contributed by atoms with Crippen molar-refractivity contribution in [3.8, 4) is 5.75 Å². The normalized spacial score (nSPS) is 27.2. The summed E-state index contributed by atoms with van der Waals surface area (Å²) in [5, 5.41) is 0. The number of anilines is 1. The molecule has 2 heterocycles. The molecule has 1 fully saturated rings. The predicted octanol–water partition coefficient (Wildman–Crippen LogP) is 8.39. The summed E-state index contributed by atoms with van der Waals surface area (Å²) in [4.78, 5) is 2.63. The number of benzene rings is 3. The molecule has 0 amide bonds. The van der Waals surface area contributed by atoms with E-state index in [1.165, 1.54) is 59.3 Å². The van der Waals surface area contributed by atoms with Crippen LogP contribution >= 0.6 is 0 Å². The van der Waals surface area contributed by atoms with E-state index >= 15 is 0 Å². The van der Waals surface area contributed by atoms with Crippen molar-refractivity contribution in [2.24, 2.45) is 5.92 Å². The summed E-state index contributed by atoms with van der Waals surface area (Å²) < 4.78 is 7.13. The quantitative estimate of drug-likeness (QED) is 0.383. The molecule has 2 nitrogen and oxygen atoms in total. The van der Waals surface area contributed by atoms with E-state index < -0.39 is 5.72 Å². The second-order valence-corrected chi connectivity index (χ2v) is 10.4. The van der Waals surface area contributed by atoms with Crippen LogP contribution in [0.5, 0.6) is 5.75 Å². The zero-order valence-electron chi connectivity index (χ0n) is 20.1. The van der Waals surface area contributed by atoms with Crippen molar-refractivity contribution in [2.45, 2.75) is 50.7 Å². The lowest BCUT2D eigenvalue weighted by molar-refractivity contribution is 0.0353. The summed E-state index contributed by atoms with van der Waals surface area (Å²) >= 11 is 0. The Hall–Kier alpha value is -3.52. The summed E-state index contributed by atoms with van der Waals surface area (Å²) in [5.74, 6) is 1.49. The van der Waals surface area contributed by atoms with Crippen LogP contribution in [0, 0.1) is 5.92 Å². The zero-order chi connectivity index (χ0) is 23.2. The van der Waals surface area contributed by atoms with Crippen LogP contribution in [0.4, 0.5) is 5.69 Å². The molecule has 2 aliphatic heterocycles. The Morgan fingerprint density at radius 2 is 1.46 bits per heavy atom. The number of hydrogen-bond donors (Lipinski definition) is 0. The van der Waals surface area contributed by atoms with Crippen LogP contribution in [0.1, 0.15) is 56.1 Å². The second-order valence-electron chi connectivity index (χ2n) is 10.4. The second kappa shape index (κ2) is 8.30. The van der Waals surface area contributed by atoms with Crippen LogP contribution in [0.2, 0.25) is 0 Å². The molecule has 7 rings (SSSR count). The maximum atomic E-state index is 7.13. The third kappa shape index (κ3) is 3.31. The maximum Gasteiger partial charge on any atom is 0.213 e. The molecule has 35 heavy (non-hydrogen) atoms. The monoisotopic (exact) mass is 457 g/mol. The van der Waals surface area contributed by atoms with E-state index in [1.54, 1.807) is 5.57 Å². The molecule has 2 heteroatoms. The fourth-order valence-electron chi connectivity index (χ4n) is 6.87.